The number of halogens is 2. The molecule has 0 saturated carbocycles. The Hall–Kier alpha value is -4.63. The summed E-state index contributed by atoms with van der Waals surface area (Å²) in [6, 6.07) is 33.2. The van der Waals surface area contributed by atoms with Crippen LogP contribution in [0.25, 0.3) is 34.3 Å². The molecule has 10 heteroatoms. The second kappa shape index (κ2) is 11.7. The van der Waals surface area contributed by atoms with Crippen LogP contribution >= 0.6 is 35.0 Å². The number of carbonyl (C=O) groups is 1. The highest BCUT2D eigenvalue weighted by molar-refractivity contribution is 8.18. The molecule has 0 radical (unpaired) electrons. The van der Waals surface area contributed by atoms with Gasteiger partial charge in [-0.1, -0.05) is 89.9 Å². The van der Waals surface area contributed by atoms with E-state index in [9.17, 15) is 14.9 Å². The molecule has 0 atom stereocenters. The van der Waals surface area contributed by atoms with Crippen LogP contribution in [0.1, 0.15) is 5.56 Å². The van der Waals surface area contributed by atoms with Crippen LogP contribution in [0.5, 0.6) is 0 Å². The van der Waals surface area contributed by atoms with E-state index in [1.165, 1.54) is 23.9 Å². The largest absolute Gasteiger partial charge is 0.309 e. The summed E-state index contributed by atoms with van der Waals surface area (Å²) in [5.74, 6) is -0.291. The Morgan fingerprint density at radius 2 is 1.52 bits per heavy atom. The number of non-ortho nitro benzene ring substituents is 1. The number of amides is 1. The third kappa shape index (κ3) is 5.47. The van der Waals surface area contributed by atoms with Crippen LogP contribution < -0.4 is 5.32 Å². The number of amidine groups is 1. The topological polar surface area (TPSA) is 89.5 Å². The zero-order valence-corrected chi connectivity index (χ0v) is 24.0. The number of aromatic nitrogens is 1. The zero-order valence-electron chi connectivity index (χ0n) is 21.7. The first-order valence-electron chi connectivity index (χ1n) is 12.7. The molecule has 5 aromatic rings. The van der Waals surface area contributed by atoms with Crippen molar-refractivity contribution in [2.45, 2.75) is 0 Å². The number of nitro benzene ring substituents is 1. The Kier molecular flexibility index (Phi) is 7.67. The minimum absolute atomic E-state index is 0.00131. The van der Waals surface area contributed by atoms with Gasteiger partial charge in [0.1, 0.15) is 0 Å². The van der Waals surface area contributed by atoms with Gasteiger partial charge in [-0.2, -0.15) is 0 Å². The van der Waals surface area contributed by atoms with Gasteiger partial charge in [0.25, 0.3) is 11.6 Å². The van der Waals surface area contributed by atoms with E-state index in [1.807, 2.05) is 72.8 Å². The smallest absolute Gasteiger partial charge is 0.269 e. The van der Waals surface area contributed by atoms with Gasteiger partial charge in [-0.15, -0.1) is 0 Å². The second-order valence-corrected chi connectivity index (χ2v) is 11.0. The van der Waals surface area contributed by atoms with Crippen LogP contribution in [0, 0.1) is 10.1 Å². The van der Waals surface area contributed by atoms with E-state index in [0.717, 1.165) is 33.8 Å². The fraction of sp³-hybridized carbons (Fsp3) is 0. The number of aliphatic imine (C=N–C) groups is 1. The molecule has 42 heavy (non-hydrogen) atoms. The quantitative estimate of drug-likeness (QED) is 0.118. The van der Waals surface area contributed by atoms with Crippen molar-refractivity contribution in [3.63, 3.8) is 0 Å². The summed E-state index contributed by atoms with van der Waals surface area (Å²) >= 11 is 13.7. The number of hydrogen-bond donors (Lipinski definition) is 1. The summed E-state index contributed by atoms with van der Waals surface area (Å²) < 4.78 is 2.05. The van der Waals surface area contributed by atoms with E-state index in [2.05, 4.69) is 14.9 Å². The molecule has 1 N–H and O–H groups in total. The molecule has 0 spiro atoms. The summed E-state index contributed by atoms with van der Waals surface area (Å²) in [5, 5.41) is 15.2. The minimum atomic E-state index is -0.420. The molecule has 1 aliphatic heterocycles. The van der Waals surface area contributed by atoms with E-state index in [0.29, 0.717) is 25.8 Å². The van der Waals surface area contributed by atoms with Crippen LogP contribution in [-0.2, 0) is 4.79 Å². The lowest BCUT2D eigenvalue weighted by atomic mass is 10.1. The Balaban J connectivity index is 1.52. The molecule has 2 heterocycles. The van der Waals surface area contributed by atoms with Crippen LogP contribution in [-0.4, -0.2) is 20.6 Å². The van der Waals surface area contributed by atoms with Crippen LogP contribution in [0.15, 0.2) is 119 Å². The van der Waals surface area contributed by atoms with Crippen molar-refractivity contribution in [1.82, 2.24) is 9.88 Å². The molecule has 1 aliphatic rings. The van der Waals surface area contributed by atoms with Gasteiger partial charge >= 0.3 is 0 Å². The first-order chi connectivity index (χ1) is 20.4. The second-order valence-electron chi connectivity index (χ2n) is 9.23. The highest BCUT2D eigenvalue weighted by atomic mass is 35.5. The number of nitro groups is 1. The number of hydrogen-bond acceptors (Lipinski definition) is 5. The van der Waals surface area contributed by atoms with Crippen molar-refractivity contribution in [2.75, 3.05) is 0 Å². The molecule has 1 aromatic heterocycles. The number of nitrogens with zero attached hydrogens (tertiary/aromatic N) is 3. The molecule has 6 rings (SSSR count). The summed E-state index contributed by atoms with van der Waals surface area (Å²) in [6.45, 7) is 0. The van der Waals surface area contributed by atoms with Crippen molar-refractivity contribution < 1.29 is 9.72 Å². The molecular formula is C32H20Cl2N4O3S. The molecule has 4 aromatic carbocycles. The standard InChI is InChI=1S/C32H20Cl2N4O3S/c33-25-12-7-13-26(29(25)34)35-32-36-31(39)28(42-32)19-22-18-27(20-8-3-1-4-9-20)37(30(22)21-10-5-2-6-11-21)23-14-16-24(17-15-23)38(40)41/h1-19H,(H,35,36,39)/b28-19+. The third-order valence-corrected chi connectivity index (χ3v) is 8.28. The van der Waals surface area contributed by atoms with Gasteiger partial charge in [-0.05, 0) is 59.3 Å². The number of rotatable bonds is 6. The number of carbonyl (C=O) groups excluding carboxylic acids is 1. The average molecular weight is 612 g/mol. The highest BCUT2D eigenvalue weighted by Crippen LogP contribution is 2.40. The number of thioether (sulfide) groups is 1. The first kappa shape index (κ1) is 27.5. The maximum absolute atomic E-state index is 13.1. The van der Waals surface area contributed by atoms with Crippen LogP contribution in [0.4, 0.5) is 11.4 Å². The highest BCUT2D eigenvalue weighted by Gasteiger charge is 2.26. The molecule has 0 bridgehead atoms. The molecule has 7 nitrogen and oxygen atoms in total. The Labute approximate surface area is 255 Å². The van der Waals surface area contributed by atoms with Gasteiger partial charge in [-0.25, -0.2) is 4.99 Å². The van der Waals surface area contributed by atoms with Crippen LogP contribution in [0.2, 0.25) is 10.0 Å². The van der Waals surface area contributed by atoms with Gasteiger partial charge in [0.05, 0.1) is 36.9 Å². The fourth-order valence-electron chi connectivity index (χ4n) is 4.65. The molecule has 1 fully saturated rings. The third-order valence-electron chi connectivity index (χ3n) is 6.56. The number of benzene rings is 4. The molecule has 206 valence electrons. The van der Waals surface area contributed by atoms with Gasteiger partial charge in [-0.3, -0.25) is 14.9 Å². The van der Waals surface area contributed by atoms with E-state index < -0.39 is 4.92 Å². The van der Waals surface area contributed by atoms with Crippen molar-refractivity contribution in [3.8, 4) is 28.2 Å². The fourth-order valence-corrected chi connectivity index (χ4v) is 5.82. The van der Waals surface area contributed by atoms with Gasteiger partial charge in [0.15, 0.2) is 5.17 Å². The van der Waals surface area contributed by atoms with Crippen molar-refractivity contribution in [3.05, 3.63) is 140 Å². The van der Waals surface area contributed by atoms with Gasteiger partial charge in [0, 0.05) is 23.4 Å². The molecular weight excluding hydrogens is 591 g/mol. The molecule has 1 amide bonds. The Morgan fingerprint density at radius 1 is 0.857 bits per heavy atom. The predicted molar refractivity (Wildman–Crippen MR) is 171 cm³/mol. The average Bonchev–Trinajstić information content (AvgIpc) is 3.56. The normalized spacial score (nSPS) is 14.9. The summed E-state index contributed by atoms with van der Waals surface area (Å²) in [7, 11) is 0. The lowest BCUT2D eigenvalue weighted by Gasteiger charge is -2.15. The lowest BCUT2D eigenvalue weighted by Crippen LogP contribution is -2.19. The maximum atomic E-state index is 13.1. The summed E-state index contributed by atoms with van der Waals surface area (Å²) in [4.78, 5) is 29.0. The van der Waals surface area contributed by atoms with Crippen molar-refractivity contribution in [2.24, 2.45) is 4.99 Å². The van der Waals surface area contributed by atoms with Crippen molar-refractivity contribution in [1.29, 1.82) is 0 Å². The molecule has 0 aliphatic carbocycles. The van der Waals surface area contributed by atoms with E-state index in [1.54, 1.807) is 30.3 Å². The van der Waals surface area contributed by atoms with Gasteiger partial charge in [0.2, 0.25) is 0 Å². The number of nitrogens with one attached hydrogen (secondary N) is 1. The van der Waals surface area contributed by atoms with Crippen LogP contribution in [0.3, 0.4) is 0 Å². The summed E-state index contributed by atoms with van der Waals surface area (Å²) in [6.07, 6.45) is 1.83. The lowest BCUT2D eigenvalue weighted by molar-refractivity contribution is -0.384. The van der Waals surface area contributed by atoms with E-state index >= 15 is 0 Å². The molecule has 0 unspecified atom stereocenters. The van der Waals surface area contributed by atoms with E-state index in [4.69, 9.17) is 23.2 Å². The van der Waals surface area contributed by atoms with E-state index in [-0.39, 0.29) is 11.6 Å². The zero-order chi connectivity index (χ0) is 29.2. The summed E-state index contributed by atoms with van der Waals surface area (Å²) in [5.41, 5.74) is 5.52. The Bertz CT molecular complexity index is 1890. The minimum Gasteiger partial charge on any atom is -0.309 e. The monoisotopic (exact) mass is 610 g/mol. The van der Waals surface area contributed by atoms with Crippen molar-refractivity contribution >= 4 is 63.5 Å². The molecule has 1 saturated heterocycles. The predicted octanol–water partition coefficient (Wildman–Crippen LogP) is 8.92. The Morgan fingerprint density at radius 3 is 2.19 bits per heavy atom. The van der Waals surface area contributed by atoms with Gasteiger partial charge < -0.3 is 9.88 Å². The SMILES string of the molecule is O=C1NC(=Nc2cccc(Cl)c2Cl)S/C1=C/c1cc(-c2ccccc2)n(-c2ccc([N+](=O)[O-])cc2)c1-c1ccccc1. The maximum Gasteiger partial charge on any atom is 0.269 e. The first-order valence-corrected chi connectivity index (χ1v) is 14.3.